The van der Waals surface area contributed by atoms with Gasteiger partial charge in [0.15, 0.2) is 0 Å². The smallest absolute Gasteiger partial charge is 0.282 e. The van der Waals surface area contributed by atoms with Crippen LogP contribution in [0.1, 0.15) is 50.7 Å². The van der Waals surface area contributed by atoms with Gasteiger partial charge in [-0.15, -0.1) is 0 Å². The minimum Gasteiger partial charge on any atom is -0.282 e. The minimum absolute atomic E-state index is 0.00703. The Balaban J connectivity index is 2.55. The first-order valence-electron chi connectivity index (χ1n) is 7.98. The predicted molar refractivity (Wildman–Crippen MR) is 91.0 cm³/mol. The Bertz CT molecular complexity index is 748. The maximum atomic E-state index is 11.5. The van der Waals surface area contributed by atoms with E-state index in [1.807, 2.05) is 6.07 Å². The van der Waals surface area contributed by atoms with Gasteiger partial charge in [0.25, 0.3) is 10.1 Å². The van der Waals surface area contributed by atoms with Gasteiger partial charge in [-0.25, -0.2) is 0 Å². The molecule has 0 aliphatic carbocycles. The summed E-state index contributed by atoms with van der Waals surface area (Å²) in [5.74, 6) is 0. The molecule has 0 saturated heterocycles. The predicted octanol–water partition coefficient (Wildman–Crippen LogP) is 4.77. The lowest BCUT2D eigenvalue weighted by atomic mass is 9.97. The van der Waals surface area contributed by atoms with Crippen molar-refractivity contribution in [2.24, 2.45) is 0 Å². The number of aryl methyl sites for hydroxylation is 2. The van der Waals surface area contributed by atoms with Crippen LogP contribution in [0.15, 0.2) is 35.2 Å². The summed E-state index contributed by atoms with van der Waals surface area (Å²) in [5, 5.41) is 1.98. The Morgan fingerprint density at radius 2 is 1.64 bits per heavy atom. The maximum Gasteiger partial charge on any atom is 0.294 e. The third-order valence-electron chi connectivity index (χ3n) is 3.99. The molecular formula is C18H24O3S. The quantitative estimate of drug-likeness (QED) is 0.747. The van der Waals surface area contributed by atoms with Gasteiger partial charge in [-0.2, -0.15) is 8.42 Å². The van der Waals surface area contributed by atoms with Crippen molar-refractivity contribution < 1.29 is 13.0 Å². The van der Waals surface area contributed by atoms with E-state index in [0.717, 1.165) is 54.9 Å². The molecule has 120 valence electrons. The molecule has 0 aliphatic heterocycles. The van der Waals surface area contributed by atoms with Gasteiger partial charge >= 0.3 is 0 Å². The van der Waals surface area contributed by atoms with Crippen molar-refractivity contribution in [3.63, 3.8) is 0 Å². The molecule has 1 N–H and O–H groups in total. The summed E-state index contributed by atoms with van der Waals surface area (Å²) in [6, 6.07) is 9.37. The largest absolute Gasteiger partial charge is 0.294 e. The van der Waals surface area contributed by atoms with Crippen LogP contribution in [0.25, 0.3) is 10.8 Å². The van der Waals surface area contributed by atoms with Gasteiger partial charge in [-0.05, 0) is 59.7 Å². The fourth-order valence-corrected chi connectivity index (χ4v) is 3.28. The van der Waals surface area contributed by atoms with Crippen molar-refractivity contribution in [1.29, 1.82) is 0 Å². The molecular weight excluding hydrogens is 296 g/mol. The molecule has 4 heteroatoms. The second-order valence-corrected chi connectivity index (χ2v) is 7.24. The van der Waals surface area contributed by atoms with E-state index in [2.05, 4.69) is 26.0 Å². The number of rotatable bonds is 7. The summed E-state index contributed by atoms with van der Waals surface area (Å²) in [7, 11) is -4.17. The summed E-state index contributed by atoms with van der Waals surface area (Å²) in [4.78, 5) is -0.00703. The molecule has 0 atom stereocenters. The summed E-state index contributed by atoms with van der Waals surface area (Å²) in [6.07, 6.45) is 6.23. The fraction of sp³-hybridized carbons (Fsp3) is 0.444. The van der Waals surface area contributed by atoms with E-state index in [1.54, 1.807) is 12.1 Å². The molecule has 0 radical (unpaired) electrons. The molecule has 0 fully saturated rings. The van der Waals surface area contributed by atoms with Gasteiger partial charge in [0.2, 0.25) is 0 Å². The molecule has 0 saturated carbocycles. The summed E-state index contributed by atoms with van der Waals surface area (Å²) >= 11 is 0. The van der Waals surface area contributed by atoms with Crippen LogP contribution in [-0.2, 0) is 23.0 Å². The Labute approximate surface area is 133 Å². The van der Waals surface area contributed by atoms with Gasteiger partial charge in [0, 0.05) is 0 Å². The number of hydrogen-bond donors (Lipinski definition) is 1. The molecule has 3 nitrogen and oxygen atoms in total. The Kier molecular flexibility index (Phi) is 5.59. The highest BCUT2D eigenvalue weighted by atomic mass is 32.2. The molecule has 0 bridgehead atoms. The molecule has 0 spiro atoms. The molecule has 2 rings (SSSR count). The second kappa shape index (κ2) is 7.25. The van der Waals surface area contributed by atoms with E-state index in [4.69, 9.17) is 0 Å². The van der Waals surface area contributed by atoms with E-state index < -0.39 is 10.1 Å². The van der Waals surface area contributed by atoms with Crippen LogP contribution in [0.2, 0.25) is 0 Å². The molecule has 0 unspecified atom stereocenters. The molecule has 2 aromatic carbocycles. The van der Waals surface area contributed by atoms with Crippen LogP contribution in [-0.4, -0.2) is 13.0 Å². The molecule has 2 aromatic rings. The van der Waals surface area contributed by atoms with Crippen molar-refractivity contribution in [1.82, 2.24) is 0 Å². The van der Waals surface area contributed by atoms with Crippen LogP contribution in [0.3, 0.4) is 0 Å². The van der Waals surface area contributed by atoms with E-state index in [0.29, 0.717) is 0 Å². The van der Waals surface area contributed by atoms with Crippen LogP contribution in [0.4, 0.5) is 0 Å². The third-order valence-corrected chi connectivity index (χ3v) is 4.83. The minimum atomic E-state index is -4.17. The van der Waals surface area contributed by atoms with Gasteiger partial charge in [0.05, 0.1) is 4.90 Å². The Hall–Kier alpha value is -1.39. The highest BCUT2D eigenvalue weighted by molar-refractivity contribution is 7.85. The first-order valence-corrected chi connectivity index (χ1v) is 9.42. The highest BCUT2D eigenvalue weighted by Crippen LogP contribution is 2.27. The number of benzene rings is 2. The van der Waals surface area contributed by atoms with Crippen LogP contribution >= 0.6 is 0 Å². The Morgan fingerprint density at radius 1 is 0.955 bits per heavy atom. The van der Waals surface area contributed by atoms with Crippen molar-refractivity contribution >= 4 is 20.9 Å². The van der Waals surface area contributed by atoms with Crippen molar-refractivity contribution in [3.8, 4) is 0 Å². The summed E-state index contributed by atoms with van der Waals surface area (Å²) in [6.45, 7) is 4.29. The lowest BCUT2D eigenvalue weighted by molar-refractivity contribution is 0.483. The van der Waals surface area contributed by atoms with E-state index in [1.165, 1.54) is 5.56 Å². The first kappa shape index (κ1) is 17.0. The van der Waals surface area contributed by atoms with Crippen molar-refractivity contribution in [3.05, 3.63) is 41.5 Å². The first-order chi connectivity index (χ1) is 10.5. The monoisotopic (exact) mass is 320 g/mol. The number of fused-ring (bicyclic) bond motifs is 1. The summed E-state index contributed by atoms with van der Waals surface area (Å²) in [5.41, 5.74) is 2.29. The lowest BCUT2D eigenvalue weighted by Gasteiger charge is -2.11. The molecule has 22 heavy (non-hydrogen) atoms. The zero-order chi connectivity index (χ0) is 16.2. The molecule has 0 heterocycles. The Morgan fingerprint density at radius 3 is 2.27 bits per heavy atom. The SMILES string of the molecule is CCCCc1ccc2cc(S(=O)(=O)O)cc(CCCC)c2c1. The van der Waals surface area contributed by atoms with E-state index in [-0.39, 0.29) is 4.90 Å². The molecule has 0 aromatic heterocycles. The molecule has 0 aliphatic rings. The van der Waals surface area contributed by atoms with Crippen LogP contribution in [0.5, 0.6) is 0 Å². The normalized spacial score (nSPS) is 12.0. The topological polar surface area (TPSA) is 54.4 Å². The average Bonchev–Trinajstić information content (AvgIpc) is 2.49. The maximum absolute atomic E-state index is 11.5. The zero-order valence-corrected chi connectivity index (χ0v) is 14.1. The van der Waals surface area contributed by atoms with Gasteiger partial charge in [-0.3, -0.25) is 4.55 Å². The van der Waals surface area contributed by atoms with Crippen molar-refractivity contribution in [2.75, 3.05) is 0 Å². The number of unbranched alkanes of at least 4 members (excludes halogenated alkanes) is 2. The fourth-order valence-electron chi connectivity index (χ4n) is 2.71. The van der Waals surface area contributed by atoms with Crippen LogP contribution < -0.4 is 0 Å². The summed E-state index contributed by atoms with van der Waals surface area (Å²) < 4.78 is 32.3. The number of hydrogen-bond acceptors (Lipinski definition) is 2. The van der Waals surface area contributed by atoms with Gasteiger partial charge in [-0.1, -0.05) is 44.9 Å². The lowest BCUT2D eigenvalue weighted by Crippen LogP contribution is -2.00. The van der Waals surface area contributed by atoms with Crippen molar-refractivity contribution in [2.45, 2.75) is 57.3 Å². The second-order valence-electron chi connectivity index (χ2n) is 5.82. The highest BCUT2D eigenvalue weighted by Gasteiger charge is 2.13. The van der Waals surface area contributed by atoms with E-state index in [9.17, 15) is 13.0 Å². The van der Waals surface area contributed by atoms with E-state index >= 15 is 0 Å². The van der Waals surface area contributed by atoms with Crippen LogP contribution in [0, 0.1) is 0 Å². The zero-order valence-electron chi connectivity index (χ0n) is 13.3. The van der Waals surface area contributed by atoms with Gasteiger partial charge < -0.3 is 0 Å². The average molecular weight is 320 g/mol. The van der Waals surface area contributed by atoms with Gasteiger partial charge in [0.1, 0.15) is 0 Å². The standard InChI is InChI=1S/C18H24O3S/c1-3-5-7-14-9-10-16-13-17(22(19,20)21)12-15(8-6-4-2)18(16)11-14/h9-13H,3-8H2,1-2H3,(H,19,20,21). The molecule has 0 amide bonds. The third kappa shape index (κ3) is 4.08.